The quantitative estimate of drug-likeness (QED) is 0.609. The van der Waals surface area contributed by atoms with Gasteiger partial charge in [0.25, 0.3) is 11.5 Å². The number of rotatable bonds is 6. The molecule has 0 saturated heterocycles. The summed E-state index contributed by atoms with van der Waals surface area (Å²) in [5, 5.41) is 13.1. The highest BCUT2D eigenvalue weighted by Gasteiger charge is 2.20. The molecule has 0 saturated carbocycles. The summed E-state index contributed by atoms with van der Waals surface area (Å²) in [6.07, 6.45) is 2.82. The number of hydrogen-bond donors (Lipinski definition) is 3. The van der Waals surface area contributed by atoms with Crippen LogP contribution in [0.25, 0.3) is 11.0 Å². The lowest BCUT2D eigenvalue weighted by molar-refractivity contribution is 0.0948. The van der Waals surface area contributed by atoms with E-state index < -0.39 is 17.2 Å². The van der Waals surface area contributed by atoms with E-state index in [0.29, 0.717) is 24.4 Å². The molecule has 2 heterocycles. The Labute approximate surface area is 161 Å². The number of nitrogens with one attached hydrogen (secondary N) is 2. The van der Waals surface area contributed by atoms with Gasteiger partial charge in [-0.1, -0.05) is 26.0 Å². The van der Waals surface area contributed by atoms with Crippen molar-refractivity contribution in [3.63, 3.8) is 0 Å². The first-order chi connectivity index (χ1) is 13.3. The normalized spacial score (nSPS) is 11.1. The van der Waals surface area contributed by atoms with E-state index in [4.69, 9.17) is 0 Å². The second-order valence-corrected chi connectivity index (χ2v) is 7.16. The van der Waals surface area contributed by atoms with E-state index in [0.717, 1.165) is 17.5 Å². The SMILES string of the molecule is CC(C)CCNC(=O)c1c(O)c2ncc(Cc3ccc(F)cc3)cc2[nH]c1=O. The summed E-state index contributed by atoms with van der Waals surface area (Å²) in [4.78, 5) is 31.5. The molecule has 6 nitrogen and oxygen atoms in total. The van der Waals surface area contributed by atoms with Crippen LogP contribution in [0, 0.1) is 11.7 Å². The Bertz CT molecular complexity index is 1060. The monoisotopic (exact) mass is 383 g/mol. The van der Waals surface area contributed by atoms with Gasteiger partial charge in [0.2, 0.25) is 0 Å². The van der Waals surface area contributed by atoms with Gasteiger partial charge in [0, 0.05) is 12.7 Å². The lowest BCUT2D eigenvalue weighted by atomic mass is 10.1. The minimum atomic E-state index is -0.673. The molecule has 28 heavy (non-hydrogen) atoms. The minimum absolute atomic E-state index is 0.150. The van der Waals surface area contributed by atoms with Crippen LogP contribution < -0.4 is 10.9 Å². The van der Waals surface area contributed by atoms with E-state index in [2.05, 4.69) is 15.3 Å². The summed E-state index contributed by atoms with van der Waals surface area (Å²) in [5.41, 5.74) is 1.14. The second kappa shape index (κ2) is 8.21. The topological polar surface area (TPSA) is 95.1 Å². The third-order valence-corrected chi connectivity index (χ3v) is 4.44. The maximum Gasteiger partial charge on any atom is 0.265 e. The molecular formula is C21H22FN3O3. The molecule has 1 amide bonds. The van der Waals surface area contributed by atoms with Crippen molar-refractivity contribution in [2.24, 2.45) is 5.92 Å². The molecule has 3 aromatic rings. The molecule has 0 spiro atoms. The number of fused-ring (bicyclic) bond motifs is 1. The van der Waals surface area contributed by atoms with Gasteiger partial charge in [0.15, 0.2) is 5.75 Å². The van der Waals surface area contributed by atoms with E-state index in [1.807, 2.05) is 13.8 Å². The van der Waals surface area contributed by atoms with Crippen LogP contribution in [0.15, 0.2) is 41.3 Å². The molecule has 146 valence electrons. The summed E-state index contributed by atoms with van der Waals surface area (Å²) in [6.45, 7) is 4.47. The fraction of sp³-hybridized carbons (Fsp3) is 0.286. The third kappa shape index (κ3) is 4.36. The standard InChI is InChI=1S/C21H22FN3O3/c1-12(2)7-8-23-20(27)17-19(26)18-16(25-21(17)28)10-14(11-24-18)9-13-3-5-15(22)6-4-13/h3-6,10-12H,7-9H2,1-2H3,(H,23,27)(H2,25,26,28). The summed E-state index contributed by atoms with van der Waals surface area (Å²) in [7, 11) is 0. The second-order valence-electron chi connectivity index (χ2n) is 7.16. The van der Waals surface area contributed by atoms with E-state index in [9.17, 15) is 19.1 Å². The van der Waals surface area contributed by atoms with Gasteiger partial charge in [0.1, 0.15) is 16.9 Å². The van der Waals surface area contributed by atoms with Crippen molar-refractivity contribution in [3.05, 3.63) is 69.4 Å². The Balaban J connectivity index is 1.88. The molecule has 0 unspecified atom stereocenters. The van der Waals surface area contributed by atoms with Gasteiger partial charge in [-0.05, 0) is 48.1 Å². The van der Waals surface area contributed by atoms with Gasteiger partial charge in [-0.15, -0.1) is 0 Å². The Hall–Kier alpha value is -3.22. The zero-order chi connectivity index (χ0) is 20.3. The Kier molecular flexibility index (Phi) is 5.73. The van der Waals surface area contributed by atoms with Crippen molar-refractivity contribution in [2.45, 2.75) is 26.7 Å². The summed E-state index contributed by atoms with van der Waals surface area (Å²) in [5.74, 6) is -0.966. The van der Waals surface area contributed by atoms with Crippen molar-refractivity contribution in [2.75, 3.05) is 6.54 Å². The van der Waals surface area contributed by atoms with E-state index >= 15 is 0 Å². The van der Waals surface area contributed by atoms with Crippen LogP contribution in [-0.4, -0.2) is 27.5 Å². The molecule has 0 aliphatic carbocycles. The smallest absolute Gasteiger partial charge is 0.265 e. The van der Waals surface area contributed by atoms with Crippen molar-refractivity contribution in [1.82, 2.24) is 15.3 Å². The number of carbonyl (C=O) groups is 1. The molecule has 3 N–H and O–H groups in total. The molecular weight excluding hydrogens is 361 g/mol. The number of H-pyrrole nitrogens is 1. The highest BCUT2D eigenvalue weighted by atomic mass is 19.1. The lowest BCUT2D eigenvalue weighted by Gasteiger charge is -2.10. The van der Waals surface area contributed by atoms with Crippen molar-refractivity contribution < 1.29 is 14.3 Å². The third-order valence-electron chi connectivity index (χ3n) is 4.44. The molecule has 0 fully saturated rings. The average molecular weight is 383 g/mol. The fourth-order valence-corrected chi connectivity index (χ4v) is 2.91. The van der Waals surface area contributed by atoms with Crippen LogP contribution >= 0.6 is 0 Å². The predicted molar refractivity (Wildman–Crippen MR) is 105 cm³/mol. The predicted octanol–water partition coefficient (Wildman–Crippen LogP) is 3.13. The van der Waals surface area contributed by atoms with E-state index in [-0.39, 0.29) is 16.9 Å². The Morgan fingerprint density at radius 2 is 1.96 bits per heavy atom. The number of aromatic nitrogens is 2. The number of carbonyl (C=O) groups excluding carboxylic acids is 1. The van der Waals surface area contributed by atoms with Crippen molar-refractivity contribution in [3.8, 4) is 5.75 Å². The number of aromatic hydroxyl groups is 1. The van der Waals surface area contributed by atoms with E-state index in [1.54, 1.807) is 24.4 Å². The molecule has 7 heteroatoms. The molecule has 0 aliphatic rings. The Morgan fingerprint density at radius 3 is 2.64 bits per heavy atom. The number of amides is 1. The lowest BCUT2D eigenvalue weighted by Crippen LogP contribution is -2.31. The van der Waals surface area contributed by atoms with Crippen LogP contribution in [0.4, 0.5) is 4.39 Å². The van der Waals surface area contributed by atoms with Crippen LogP contribution in [0.3, 0.4) is 0 Å². The van der Waals surface area contributed by atoms with Crippen LogP contribution in [0.2, 0.25) is 0 Å². The molecule has 3 rings (SSSR count). The molecule has 0 radical (unpaired) electrons. The van der Waals surface area contributed by atoms with Gasteiger partial charge >= 0.3 is 0 Å². The summed E-state index contributed by atoms with van der Waals surface area (Å²) < 4.78 is 13.0. The maximum absolute atomic E-state index is 13.0. The largest absolute Gasteiger partial charge is 0.505 e. The molecule has 0 atom stereocenters. The maximum atomic E-state index is 13.0. The number of pyridine rings is 2. The fourth-order valence-electron chi connectivity index (χ4n) is 2.91. The number of hydrogen-bond acceptors (Lipinski definition) is 4. The number of nitrogens with zero attached hydrogens (tertiary/aromatic N) is 1. The molecule has 0 aliphatic heterocycles. The summed E-state index contributed by atoms with van der Waals surface area (Å²) >= 11 is 0. The zero-order valence-electron chi connectivity index (χ0n) is 15.8. The van der Waals surface area contributed by atoms with Gasteiger partial charge in [-0.25, -0.2) is 4.39 Å². The van der Waals surface area contributed by atoms with Crippen LogP contribution in [0.5, 0.6) is 5.75 Å². The first-order valence-electron chi connectivity index (χ1n) is 9.11. The van der Waals surface area contributed by atoms with Crippen molar-refractivity contribution in [1.29, 1.82) is 0 Å². The highest BCUT2D eigenvalue weighted by Crippen LogP contribution is 2.24. The first kappa shape index (κ1) is 19.5. The molecule has 2 aromatic heterocycles. The summed E-state index contributed by atoms with van der Waals surface area (Å²) in [6, 6.07) is 7.78. The van der Waals surface area contributed by atoms with Crippen molar-refractivity contribution >= 4 is 16.9 Å². The van der Waals surface area contributed by atoms with Gasteiger partial charge in [-0.3, -0.25) is 14.6 Å². The van der Waals surface area contributed by atoms with Crippen LogP contribution in [0.1, 0.15) is 41.8 Å². The van der Waals surface area contributed by atoms with Gasteiger partial charge in [0.05, 0.1) is 5.52 Å². The average Bonchev–Trinajstić information content (AvgIpc) is 2.63. The van der Waals surface area contributed by atoms with Gasteiger partial charge in [-0.2, -0.15) is 0 Å². The van der Waals surface area contributed by atoms with Gasteiger partial charge < -0.3 is 15.4 Å². The number of benzene rings is 1. The van der Waals surface area contributed by atoms with E-state index in [1.165, 1.54) is 12.1 Å². The number of aromatic amines is 1. The zero-order valence-corrected chi connectivity index (χ0v) is 15.8. The Morgan fingerprint density at radius 1 is 1.25 bits per heavy atom. The minimum Gasteiger partial charge on any atom is -0.505 e. The first-order valence-corrected chi connectivity index (χ1v) is 9.11. The van der Waals surface area contributed by atoms with Crippen LogP contribution in [-0.2, 0) is 6.42 Å². The molecule has 1 aromatic carbocycles. The number of halogens is 1. The molecule has 0 bridgehead atoms. The highest BCUT2D eigenvalue weighted by molar-refractivity contribution is 6.01.